The third-order valence-corrected chi connectivity index (χ3v) is 4.06. The second-order valence-corrected chi connectivity index (χ2v) is 5.83. The molecule has 1 aliphatic carbocycles. The van der Waals surface area contributed by atoms with Gasteiger partial charge in [-0.15, -0.1) is 0 Å². The highest BCUT2D eigenvalue weighted by Gasteiger charge is 2.19. The zero-order valence-electron chi connectivity index (χ0n) is 9.01. The Hall–Kier alpha value is -0.0600. The number of hydrogen-bond acceptors (Lipinski definition) is 2. The molecule has 0 radical (unpaired) electrons. The first-order chi connectivity index (χ1) is 7.70. The predicted molar refractivity (Wildman–Crippen MR) is 72.6 cm³/mol. The van der Waals surface area contributed by atoms with E-state index in [1.165, 1.54) is 12.8 Å². The molecule has 0 aliphatic heterocycles. The molecule has 0 spiro atoms. The van der Waals surface area contributed by atoms with Crippen molar-refractivity contribution >= 4 is 31.9 Å². The molecule has 0 heterocycles. The van der Waals surface area contributed by atoms with Crippen LogP contribution in [0.5, 0.6) is 5.75 Å². The minimum Gasteiger partial charge on any atom is -0.488 e. The monoisotopic (exact) mass is 347 g/mol. The number of nitrogens with two attached hydrogens (primary N) is 1. The minimum absolute atomic E-state index is 0.372. The van der Waals surface area contributed by atoms with Crippen molar-refractivity contribution in [2.45, 2.75) is 38.3 Å². The first kappa shape index (κ1) is 12.4. The molecular weight excluding hydrogens is 334 g/mol. The van der Waals surface area contributed by atoms with Gasteiger partial charge in [0.05, 0.1) is 15.0 Å². The smallest absolute Gasteiger partial charge is 0.148 e. The number of halogens is 2. The number of hydrogen-bond donors (Lipinski definition) is 1. The number of ether oxygens (including phenoxy) is 1. The Morgan fingerprint density at radius 2 is 1.75 bits per heavy atom. The molecule has 0 atom stereocenters. The molecule has 0 amide bonds. The van der Waals surface area contributed by atoms with E-state index < -0.39 is 0 Å². The molecule has 2 nitrogen and oxygen atoms in total. The highest BCUT2D eigenvalue weighted by molar-refractivity contribution is 9.11. The fraction of sp³-hybridized carbons (Fsp3) is 0.500. The van der Waals surface area contributed by atoms with Crippen molar-refractivity contribution in [1.29, 1.82) is 0 Å². The maximum atomic E-state index is 6.00. The van der Waals surface area contributed by atoms with E-state index in [0.29, 0.717) is 12.6 Å². The molecule has 16 heavy (non-hydrogen) atoms. The van der Waals surface area contributed by atoms with Crippen LogP contribution in [0.1, 0.15) is 31.2 Å². The second kappa shape index (κ2) is 5.52. The van der Waals surface area contributed by atoms with Crippen molar-refractivity contribution in [3.8, 4) is 5.75 Å². The van der Waals surface area contributed by atoms with E-state index in [9.17, 15) is 0 Å². The van der Waals surface area contributed by atoms with Crippen LogP contribution in [0, 0.1) is 0 Å². The van der Waals surface area contributed by atoms with E-state index in [2.05, 4.69) is 31.9 Å². The molecule has 0 saturated heterocycles. The van der Waals surface area contributed by atoms with Gasteiger partial charge in [-0.2, -0.15) is 0 Å². The van der Waals surface area contributed by atoms with Gasteiger partial charge in [-0.1, -0.05) is 0 Å². The van der Waals surface area contributed by atoms with Crippen molar-refractivity contribution < 1.29 is 4.74 Å². The van der Waals surface area contributed by atoms with E-state index in [1.54, 1.807) is 0 Å². The van der Waals surface area contributed by atoms with Crippen LogP contribution in [0.4, 0.5) is 0 Å². The number of benzene rings is 1. The van der Waals surface area contributed by atoms with Crippen LogP contribution in [0.2, 0.25) is 0 Å². The summed E-state index contributed by atoms with van der Waals surface area (Å²) in [5.74, 6) is 0.907. The van der Waals surface area contributed by atoms with Crippen LogP contribution in [0.3, 0.4) is 0 Å². The Morgan fingerprint density at radius 1 is 1.19 bits per heavy atom. The van der Waals surface area contributed by atoms with Crippen LogP contribution in [-0.2, 0) is 6.54 Å². The average Bonchev–Trinajstić information content (AvgIpc) is 2.75. The molecule has 1 fully saturated rings. The van der Waals surface area contributed by atoms with Crippen LogP contribution in [0.15, 0.2) is 21.1 Å². The molecule has 0 bridgehead atoms. The van der Waals surface area contributed by atoms with Crippen molar-refractivity contribution in [2.24, 2.45) is 5.73 Å². The first-order valence-corrected chi connectivity index (χ1v) is 7.14. The van der Waals surface area contributed by atoms with Crippen molar-refractivity contribution in [1.82, 2.24) is 0 Å². The minimum atomic E-state index is 0.372. The predicted octanol–water partition coefficient (Wildman–Crippen LogP) is 3.99. The summed E-state index contributed by atoms with van der Waals surface area (Å²) in [4.78, 5) is 0. The lowest BCUT2D eigenvalue weighted by atomic mass is 10.2. The Balaban J connectivity index is 2.19. The SMILES string of the molecule is NCc1cc(Br)c(OC2CCCC2)c(Br)c1. The lowest BCUT2D eigenvalue weighted by molar-refractivity contribution is 0.207. The number of rotatable bonds is 3. The molecular formula is C12H15Br2NO. The molecule has 1 aromatic rings. The van der Waals surface area contributed by atoms with Gasteiger partial charge in [-0.05, 0) is 75.2 Å². The maximum Gasteiger partial charge on any atom is 0.148 e. The van der Waals surface area contributed by atoms with Gasteiger partial charge in [0, 0.05) is 6.54 Å². The molecule has 1 saturated carbocycles. The van der Waals surface area contributed by atoms with Gasteiger partial charge in [-0.3, -0.25) is 0 Å². The van der Waals surface area contributed by atoms with E-state index in [0.717, 1.165) is 33.1 Å². The summed E-state index contributed by atoms with van der Waals surface area (Å²) in [5.41, 5.74) is 6.71. The zero-order chi connectivity index (χ0) is 11.5. The highest BCUT2D eigenvalue weighted by atomic mass is 79.9. The third-order valence-electron chi connectivity index (χ3n) is 2.88. The van der Waals surface area contributed by atoms with E-state index in [-0.39, 0.29) is 0 Å². The average molecular weight is 349 g/mol. The van der Waals surface area contributed by atoms with Crippen molar-refractivity contribution in [2.75, 3.05) is 0 Å². The van der Waals surface area contributed by atoms with Gasteiger partial charge in [0.1, 0.15) is 5.75 Å². The standard InChI is InChI=1S/C12H15Br2NO/c13-10-5-8(7-15)6-11(14)12(10)16-9-3-1-2-4-9/h5-6,9H,1-4,7,15H2. The summed E-state index contributed by atoms with van der Waals surface area (Å²) in [6.07, 6.45) is 5.26. The fourth-order valence-electron chi connectivity index (χ4n) is 2.02. The second-order valence-electron chi connectivity index (χ2n) is 4.12. The quantitative estimate of drug-likeness (QED) is 0.896. The molecule has 2 N–H and O–H groups in total. The molecule has 88 valence electrons. The fourth-order valence-corrected chi connectivity index (χ4v) is 3.48. The Labute approximate surface area is 113 Å². The van der Waals surface area contributed by atoms with E-state index >= 15 is 0 Å². The summed E-state index contributed by atoms with van der Waals surface area (Å²) in [6, 6.07) is 4.05. The van der Waals surface area contributed by atoms with Crippen LogP contribution in [0.25, 0.3) is 0 Å². The van der Waals surface area contributed by atoms with Gasteiger partial charge in [0.25, 0.3) is 0 Å². The van der Waals surface area contributed by atoms with Crippen LogP contribution >= 0.6 is 31.9 Å². The lowest BCUT2D eigenvalue weighted by Crippen LogP contribution is -2.12. The molecule has 1 aromatic carbocycles. The summed E-state index contributed by atoms with van der Waals surface area (Å²) in [6.45, 7) is 0.543. The first-order valence-electron chi connectivity index (χ1n) is 5.55. The Bertz CT molecular complexity index is 352. The van der Waals surface area contributed by atoms with Gasteiger partial charge in [-0.25, -0.2) is 0 Å². The van der Waals surface area contributed by atoms with E-state index in [4.69, 9.17) is 10.5 Å². The van der Waals surface area contributed by atoms with Crippen LogP contribution < -0.4 is 10.5 Å². The molecule has 1 aliphatic rings. The van der Waals surface area contributed by atoms with Gasteiger partial charge in [0.15, 0.2) is 0 Å². The summed E-state index contributed by atoms with van der Waals surface area (Å²) in [5, 5.41) is 0. The molecule has 2 rings (SSSR count). The van der Waals surface area contributed by atoms with Gasteiger partial charge < -0.3 is 10.5 Å². The maximum absolute atomic E-state index is 6.00. The largest absolute Gasteiger partial charge is 0.488 e. The Morgan fingerprint density at radius 3 is 2.25 bits per heavy atom. The molecule has 0 unspecified atom stereocenters. The Kier molecular flexibility index (Phi) is 4.27. The summed E-state index contributed by atoms with van der Waals surface area (Å²) < 4.78 is 7.96. The highest BCUT2D eigenvalue weighted by Crippen LogP contribution is 2.37. The topological polar surface area (TPSA) is 35.2 Å². The van der Waals surface area contributed by atoms with Crippen molar-refractivity contribution in [3.63, 3.8) is 0 Å². The summed E-state index contributed by atoms with van der Waals surface area (Å²) >= 11 is 7.07. The van der Waals surface area contributed by atoms with Gasteiger partial charge >= 0.3 is 0 Å². The van der Waals surface area contributed by atoms with Crippen LogP contribution in [-0.4, -0.2) is 6.10 Å². The third kappa shape index (κ3) is 2.79. The van der Waals surface area contributed by atoms with Gasteiger partial charge in [0.2, 0.25) is 0 Å². The normalized spacial score (nSPS) is 16.7. The summed E-state index contributed by atoms with van der Waals surface area (Å²) in [7, 11) is 0. The van der Waals surface area contributed by atoms with E-state index in [1.807, 2.05) is 12.1 Å². The molecule has 0 aromatic heterocycles. The zero-order valence-corrected chi connectivity index (χ0v) is 12.2. The van der Waals surface area contributed by atoms with Crippen molar-refractivity contribution in [3.05, 3.63) is 26.6 Å². The lowest BCUT2D eigenvalue weighted by Gasteiger charge is -2.16. The molecule has 4 heteroatoms.